The van der Waals surface area contributed by atoms with Gasteiger partial charge in [0.1, 0.15) is 11.2 Å². The van der Waals surface area contributed by atoms with Crippen LogP contribution in [0.15, 0.2) is 114 Å². The van der Waals surface area contributed by atoms with Gasteiger partial charge in [0.25, 0.3) is 6.71 Å². The largest absolute Gasteiger partial charge is 0.456 e. The number of fused-ring (bicyclic) bond motifs is 12. The Bertz CT molecular complexity index is 3800. The number of hydrogen-bond donors (Lipinski definition) is 0. The summed E-state index contributed by atoms with van der Waals surface area (Å²) in [4.78, 5) is 5.50. The fraction of sp³-hybridized carbons (Fsp3) is 0.400. The smallest absolute Gasteiger partial charge is 0.252 e. The molecule has 3 aliphatic heterocycles. The molecular weight excluding hydrogens is 896 g/mol. The highest BCUT2D eigenvalue weighted by Crippen LogP contribution is 2.59. The highest BCUT2D eigenvalue weighted by molar-refractivity contribution is 7.00. The van der Waals surface area contributed by atoms with E-state index in [1.807, 2.05) is 0 Å². The number of rotatable bonds is 2. The molecule has 6 aliphatic rings. The maximum absolute atomic E-state index is 7.05. The third-order valence-corrected chi connectivity index (χ3v) is 20.8. The third kappa shape index (κ3) is 6.09. The lowest BCUT2D eigenvalue weighted by atomic mass is 9.33. The van der Waals surface area contributed by atoms with Crippen molar-refractivity contribution < 1.29 is 4.42 Å². The summed E-state index contributed by atoms with van der Waals surface area (Å²) >= 11 is 0. The maximum Gasteiger partial charge on any atom is 0.252 e. The number of hydrogen-bond acceptors (Lipinski definition) is 3. The molecule has 4 bridgehead atoms. The summed E-state index contributed by atoms with van der Waals surface area (Å²) in [6, 6.07) is 43.9. The molecule has 74 heavy (non-hydrogen) atoms. The van der Waals surface area contributed by atoms with Crippen molar-refractivity contribution in [2.75, 3.05) is 9.80 Å². The van der Waals surface area contributed by atoms with E-state index < -0.39 is 0 Å². The molecule has 0 unspecified atom stereocenters. The van der Waals surface area contributed by atoms with Gasteiger partial charge in [0.05, 0.1) is 11.1 Å². The average molecular weight is 971 g/mol. The van der Waals surface area contributed by atoms with Gasteiger partial charge >= 0.3 is 0 Å². The summed E-state index contributed by atoms with van der Waals surface area (Å²) in [6.45, 7) is 37.4. The van der Waals surface area contributed by atoms with E-state index >= 15 is 0 Å². The molecule has 1 aromatic heterocycles. The van der Waals surface area contributed by atoms with Crippen molar-refractivity contribution >= 4 is 79.2 Å². The Labute approximate surface area is 441 Å². The predicted octanol–water partition coefficient (Wildman–Crippen LogP) is 17.3. The van der Waals surface area contributed by atoms with Crippen LogP contribution in [0.5, 0.6) is 0 Å². The summed E-state index contributed by atoms with van der Waals surface area (Å²) in [6.07, 6.45) is 6.99. The lowest BCUT2D eigenvalue weighted by Gasteiger charge is -2.50. The Morgan fingerprint density at radius 3 is 1.68 bits per heavy atom. The molecule has 0 atom stereocenters. The van der Waals surface area contributed by atoms with E-state index in [0.717, 1.165) is 36.8 Å². The van der Waals surface area contributed by atoms with Crippen LogP contribution in [0.4, 0.5) is 34.1 Å². The molecule has 3 aliphatic carbocycles. The first-order chi connectivity index (χ1) is 34.8. The fourth-order valence-corrected chi connectivity index (χ4v) is 15.9. The highest BCUT2D eigenvalue weighted by atomic mass is 16.3. The lowest BCUT2D eigenvalue weighted by molar-refractivity contribution is 0.326. The first-order valence-electron chi connectivity index (χ1n) is 28.2. The zero-order chi connectivity index (χ0) is 51.8. The fourth-order valence-electron chi connectivity index (χ4n) is 15.9. The van der Waals surface area contributed by atoms with Crippen LogP contribution in [0, 0.1) is 6.92 Å². The second-order valence-electron chi connectivity index (χ2n) is 28.5. The minimum atomic E-state index is -0.296. The summed E-state index contributed by atoms with van der Waals surface area (Å²) in [7, 11) is 0. The van der Waals surface area contributed by atoms with E-state index in [4.69, 9.17) is 4.42 Å². The molecule has 14 rings (SSSR count). The third-order valence-electron chi connectivity index (χ3n) is 20.8. The van der Waals surface area contributed by atoms with Gasteiger partial charge in [-0.1, -0.05) is 152 Å². The number of nitrogens with zero attached hydrogens (tertiary/aromatic N) is 2. The molecule has 8 aromatic rings. The van der Waals surface area contributed by atoms with E-state index in [0.29, 0.717) is 0 Å². The van der Waals surface area contributed by atoms with E-state index in [2.05, 4.69) is 223 Å². The van der Waals surface area contributed by atoms with Gasteiger partial charge in [-0.2, -0.15) is 0 Å². The van der Waals surface area contributed by atoms with Gasteiger partial charge in [0, 0.05) is 39.2 Å². The van der Waals surface area contributed by atoms with E-state index in [1.54, 1.807) is 5.56 Å². The zero-order valence-corrected chi connectivity index (χ0v) is 47.0. The summed E-state index contributed by atoms with van der Waals surface area (Å²) in [5, 5.41) is 2.42. The number of furan rings is 1. The maximum atomic E-state index is 7.05. The van der Waals surface area contributed by atoms with Crippen molar-refractivity contribution in [2.24, 2.45) is 0 Å². The standard InChI is InChI=1S/C70H75BN2O/c1-40-53-39-50-61(69(12,13)32-31-68(50,10)11)60(40)70(14,15)43-21-25-57-45(35-43)59-58(74-57)26-24-51-63(59)73(53)56-34-42(41-19-17-16-18-20-41)33-55-62(56)71(51)52-37-48-49(67(8,9)30-29-66(48,6)7)38-54(52)72(55)44-22-23-46-47(36-44)65(4,5)28-27-64(46,2)3/h16-26,33-39H,27-32H2,1-15H3. The summed E-state index contributed by atoms with van der Waals surface area (Å²) in [5.74, 6) is 0. The van der Waals surface area contributed by atoms with E-state index in [9.17, 15) is 0 Å². The highest BCUT2D eigenvalue weighted by Gasteiger charge is 2.50. The molecule has 0 N–H and O–H groups in total. The molecule has 4 heteroatoms. The first-order valence-corrected chi connectivity index (χ1v) is 28.2. The first kappa shape index (κ1) is 46.5. The van der Waals surface area contributed by atoms with Crippen LogP contribution in [-0.2, 0) is 37.9 Å². The Kier molecular flexibility index (Phi) is 9.10. The lowest BCUT2D eigenvalue weighted by Crippen LogP contribution is -2.62. The molecule has 0 saturated heterocycles. The molecule has 0 radical (unpaired) electrons. The minimum Gasteiger partial charge on any atom is -0.456 e. The molecule has 0 saturated carbocycles. The van der Waals surface area contributed by atoms with Crippen molar-refractivity contribution in [3.05, 3.63) is 159 Å². The van der Waals surface area contributed by atoms with Gasteiger partial charge in [-0.05, 0) is 210 Å². The molecule has 0 spiro atoms. The monoisotopic (exact) mass is 971 g/mol. The average Bonchev–Trinajstić information content (AvgIpc) is 3.79. The Balaban J connectivity index is 1.19. The summed E-state index contributed by atoms with van der Waals surface area (Å²) < 4.78 is 7.05. The topological polar surface area (TPSA) is 19.6 Å². The van der Waals surface area contributed by atoms with Crippen molar-refractivity contribution in [3.8, 4) is 11.1 Å². The van der Waals surface area contributed by atoms with E-state index in [-0.39, 0.29) is 44.6 Å². The van der Waals surface area contributed by atoms with Gasteiger partial charge in [-0.15, -0.1) is 0 Å². The van der Waals surface area contributed by atoms with Crippen LogP contribution in [0.3, 0.4) is 0 Å². The predicted molar refractivity (Wildman–Crippen MR) is 316 cm³/mol. The summed E-state index contributed by atoms with van der Waals surface area (Å²) in [5.41, 5.74) is 29.3. The van der Waals surface area contributed by atoms with Crippen molar-refractivity contribution in [1.82, 2.24) is 0 Å². The minimum absolute atomic E-state index is 0.00464. The van der Waals surface area contributed by atoms with Crippen LogP contribution in [0.2, 0.25) is 0 Å². The Morgan fingerprint density at radius 2 is 1.00 bits per heavy atom. The van der Waals surface area contributed by atoms with Gasteiger partial charge in [0.2, 0.25) is 0 Å². The molecule has 0 amide bonds. The molecule has 3 nitrogen and oxygen atoms in total. The molecular formula is C70H75BN2O. The van der Waals surface area contributed by atoms with Gasteiger partial charge in [-0.3, -0.25) is 0 Å². The van der Waals surface area contributed by atoms with Crippen molar-refractivity contribution in [3.63, 3.8) is 0 Å². The van der Waals surface area contributed by atoms with Crippen molar-refractivity contribution in [2.45, 2.75) is 180 Å². The van der Waals surface area contributed by atoms with Crippen LogP contribution in [0.25, 0.3) is 33.1 Å². The quantitative estimate of drug-likeness (QED) is 0.161. The molecule has 7 aromatic carbocycles. The van der Waals surface area contributed by atoms with Gasteiger partial charge in [-0.25, -0.2) is 0 Å². The van der Waals surface area contributed by atoms with Crippen LogP contribution >= 0.6 is 0 Å². The Morgan fingerprint density at radius 1 is 0.432 bits per heavy atom. The molecule has 0 fully saturated rings. The van der Waals surface area contributed by atoms with Crippen molar-refractivity contribution in [1.29, 1.82) is 0 Å². The van der Waals surface area contributed by atoms with Gasteiger partial charge < -0.3 is 14.2 Å². The van der Waals surface area contributed by atoms with Crippen LogP contribution in [-0.4, -0.2) is 6.71 Å². The zero-order valence-electron chi connectivity index (χ0n) is 47.0. The second-order valence-corrected chi connectivity index (χ2v) is 28.5. The SMILES string of the molecule is Cc1c2cc3c(c1C(C)(C)c1ccc4oc5ccc6c(c5c4c1)N2c1cc(-c2ccccc2)cc2c1B6c1cc4c(cc1N2c1ccc2c(c1)C(C)(C)CCC2(C)C)C(C)(C)CCC4(C)C)C(C)(C)CCC3(C)C. The molecule has 4 heterocycles. The normalized spacial score (nSPS) is 21.0. The second kappa shape index (κ2) is 14.5. The van der Waals surface area contributed by atoms with Crippen LogP contribution in [0.1, 0.15) is 186 Å². The van der Waals surface area contributed by atoms with Crippen LogP contribution < -0.4 is 26.2 Å². The van der Waals surface area contributed by atoms with E-state index in [1.165, 1.54) is 130 Å². The number of anilines is 6. The van der Waals surface area contributed by atoms with Gasteiger partial charge in [0.15, 0.2) is 0 Å². The molecule has 374 valence electrons. The Hall–Kier alpha value is -6.00. The number of benzene rings is 7.